The standard InChI is InChI=1S/C12H6ClFN2OS/c13-8-3-6(1-2-9(8)14)7-4-18-12-10(7)11(17)15-5-16-12/h1-5H,(H,15,16,17). The van der Waals surface area contributed by atoms with Crippen molar-refractivity contribution in [1.82, 2.24) is 9.97 Å². The minimum Gasteiger partial charge on any atom is -0.313 e. The molecule has 0 fully saturated rings. The third-order valence-corrected chi connectivity index (χ3v) is 3.78. The maximum Gasteiger partial charge on any atom is 0.260 e. The molecule has 90 valence electrons. The second-order valence-corrected chi connectivity index (χ2v) is 4.96. The number of nitrogens with zero attached hydrogens (tertiary/aromatic N) is 1. The Hall–Kier alpha value is -1.72. The molecule has 2 heterocycles. The maximum absolute atomic E-state index is 13.1. The van der Waals surface area contributed by atoms with E-state index in [0.717, 1.165) is 0 Å². The summed E-state index contributed by atoms with van der Waals surface area (Å²) in [6.07, 6.45) is 1.36. The summed E-state index contributed by atoms with van der Waals surface area (Å²) in [5.74, 6) is -0.480. The number of rotatable bonds is 1. The zero-order valence-corrected chi connectivity index (χ0v) is 10.5. The highest BCUT2D eigenvalue weighted by Gasteiger charge is 2.12. The van der Waals surface area contributed by atoms with Gasteiger partial charge < -0.3 is 4.98 Å². The molecule has 3 rings (SSSR count). The highest BCUT2D eigenvalue weighted by Crippen LogP contribution is 2.32. The van der Waals surface area contributed by atoms with Gasteiger partial charge in [0.15, 0.2) is 0 Å². The predicted octanol–water partition coefficient (Wildman–Crippen LogP) is 3.44. The monoisotopic (exact) mass is 280 g/mol. The van der Waals surface area contributed by atoms with Gasteiger partial charge in [-0.25, -0.2) is 9.37 Å². The molecule has 0 atom stereocenters. The number of halogens is 2. The number of fused-ring (bicyclic) bond motifs is 1. The van der Waals surface area contributed by atoms with Crippen LogP contribution in [0.5, 0.6) is 0 Å². The first kappa shape index (κ1) is 11.4. The Bertz CT molecular complexity index is 796. The van der Waals surface area contributed by atoms with Crippen LogP contribution in [0.25, 0.3) is 21.3 Å². The number of nitrogens with one attached hydrogen (secondary N) is 1. The van der Waals surface area contributed by atoms with Crippen LogP contribution in [0, 0.1) is 5.82 Å². The van der Waals surface area contributed by atoms with Gasteiger partial charge in [0.1, 0.15) is 10.6 Å². The average molecular weight is 281 g/mol. The second kappa shape index (κ2) is 4.19. The Morgan fingerprint density at radius 1 is 1.39 bits per heavy atom. The lowest BCUT2D eigenvalue weighted by atomic mass is 10.1. The SMILES string of the molecule is O=c1[nH]cnc2scc(-c3ccc(F)c(Cl)c3)c12. The van der Waals surface area contributed by atoms with Crippen LogP contribution < -0.4 is 5.56 Å². The summed E-state index contributed by atoms with van der Waals surface area (Å²) >= 11 is 7.11. The van der Waals surface area contributed by atoms with Crippen molar-refractivity contribution in [3.05, 3.63) is 51.1 Å². The third-order valence-electron chi connectivity index (χ3n) is 2.61. The summed E-state index contributed by atoms with van der Waals surface area (Å²) in [4.78, 5) is 19.1. The quantitative estimate of drug-likeness (QED) is 0.742. The summed E-state index contributed by atoms with van der Waals surface area (Å²) < 4.78 is 13.1. The highest BCUT2D eigenvalue weighted by molar-refractivity contribution is 7.17. The molecule has 0 bridgehead atoms. The maximum atomic E-state index is 13.1. The van der Waals surface area contributed by atoms with Crippen molar-refractivity contribution in [2.75, 3.05) is 0 Å². The van der Waals surface area contributed by atoms with Gasteiger partial charge >= 0.3 is 0 Å². The molecule has 0 saturated carbocycles. The molecule has 1 N–H and O–H groups in total. The number of hydrogen-bond donors (Lipinski definition) is 1. The smallest absolute Gasteiger partial charge is 0.260 e. The molecule has 18 heavy (non-hydrogen) atoms. The van der Waals surface area contributed by atoms with Crippen LogP contribution in [0.1, 0.15) is 0 Å². The minimum absolute atomic E-state index is 0.0344. The molecule has 0 aliphatic heterocycles. The van der Waals surface area contributed by atoms with Gasteiger partial charge in [0, 0.05) is 10.9 Å². The molecule has 2 aromatic heterocycles. The first-order chi connectivity index (χ1) is 8.66. The van der Waals surface area contributed by atoms with E-state index in [4.69, 9.17) is 11.6 Å². The minimum atomic E-state index is -0.480. The molecular weight excluding hydrogens is 275 g/mol. The van der Waals surface area contributed by atoms with E-state index in [0.29, 0.717) is 21.3 Å². The van der Waals surface area contributed by atoms with Crippen LogP contribution in [0.2, 0.25) is 5.02 Å². The fraction of sp³-hybridized carbons (Fsp3) is 0. The van der Waals surface area contributed by atoms with Crippen molar-refractivity contribution in [3.63, 3.8) is 0 Å². The molecule has 1 aromatic carbocycles. The van der Waals surface area contributed by atoms with Gasteiger partial charge in [-0.05, 0) is 17.7 Å². The highest BCUT2D eigenvalue weighted by atomic mass is 35.5. The van der Waals surface area contributed by atoms with E-state index in [-0.39, 0.29) is 10.6 Å². The number of hydrogen-bond acceptors (Lipinski definition) is 3. The van der Waals surface area contributed by atoms with Crippen LogP contribution in [0.15, 0.2) is 34.7 Å². The fourth-order valence-electron chi connectivity index (χ4n) is 1.76. The molecule has 0 saturated heterocycles. The van der Waals surface area contributed by atoms with Crippen molar-refractivity contribution >= 4 is 33.2 Å². The Morgan fingerprint density at radius 2 is 2.22 bits per heavy atom. The molecule has 3 nitrogen and oxygen atoms in total. The molecule has 0 aliphatic carbocycles. The Morgan fingerprint density at radius 3 is 3.00 bits per heavy atom. The van der Waals surface area contributed by atoms with Gasteiger partial charge in [-0.15, -0.1) is 11.3 Å². The number of aromatic nitrogens is 2. The number of aromatic amines is 1. The van der Waals surface area contributed by atoms with Crippen LogP contribution in [0.4, 0.5) is 4.39 Å². The number of thiophene rings is 1. The van der Waals surface area contributed by atoms with Gasteiger partial charge in [0.25, 0.3) is 5.56 Å². The van der Waals surface area contributed by atoms with Gasteiger partial charge in [-0.2, -0.15) is 0 Å². The normalized spacial score (nSPS) is 11.0. The van der Waals surface area contributed by atoms with Crippen LogP contribution in [-0.2, 0) is 0 Å². The molecule has 3 aromatic rings. The average Bonchev–Trinajstić information content (AvgIpc) is 2.78. The first-order valence-corrected chi connectivity index (χ1v) is 6.33. The Balaban J connectivity index is 2.32. The van der Waals surface area contributed by atoms with E-state index in [2.05, 4.69) is 9.97 Å². The van der Waals surface area contributed by atoms with Gasteiger partial charge in [0.2, 0.25) is 0 Å². The third kappa shape index (κ3) is 1.72. The molecule has 0 aliphatic rings. The van der Waals surface area contributed by atoms with Crippen molar-refractivity contribution in [1.29, 1.82) is 0 Å². The predicted molar refractivity (Wildman–Crippen MR) is 70.6 cm³/mol. The Kier molecular flexibility index (Phi) is 2.65. The van der Waals surface area contributed by atoms with Gasteiger partial charge in [0.05, 0.1) is 16.7 Å². The van der Waals surface area contributed by atoms with E-state index in [1.54, 1.807) is 6.07 Å². The zero-order valence-electron chi connectivity index (χ0n) is 8.91. The van der Waals surface area contributed by atoms with Crippen molar-refractivity contribution in [2.24, 2.45) is 0 Å². The molecule has 0 spiro atoms. The van der Waals surface area contributed by atoms with Crippen molar-refractivity contribution in [3.8, 4) is 11.1 Å². The van der Waals surface area contributed by atoms with Gasteiger partial charge in [-0.1, -0.05) is 17.7 Å². The summed E-state index contributed by atoms with van der Waals surface area (Å²) in [6, 6.07) is 4.38. The van der Waals surface area contributed by atoms with E-state index >= 15 is 0 Å². The molecular formula is C12H6ClFN2OS. The van der Waals surface area contributed by atoms with E-state index in [1.807, 2.05) is 5.38 Å². The summed E-state index contributed by atoms with van der Waals surface area (Å²) in [5, 5.41) is 2.36. The van der Waals surface area contributed by atoms with E-state index in [9.17, 15) is 9.18 Å². The van der Waals surface area contributed by atoms with Crippen LogP contribution >= 0.6 is 22.9 Å². The molecule has 6 heteroatoms. The van der Waals surface area contributed by atoms with E-state index < -0.39 is 5.82 Å². The summed E-state index contributed by atoms with van der Waals surface area (Å²) in [7, 11) is 0. The van der Waals surface area contributed by atoms with Crippen LogP contribution in [-0.4, -0.2) is 9.97 Å². The molecule has 0 amide bonds. The number of H-pyrrole nitrogens is 1. The fourth-order valence-corrected chi connectivity index (χ4v) is 2.86. The number of benzene rings is 1. The van der Waals surface area contributed by atoms with Gasteiger partial charge in [-0.3, -0.25) is 4.79 Å². The summed E-state index contributed by atoms with van der Waals surface area (Å²) in [5.41, 5.74) is 1.20. The summed E-state index contributed by atoms with van der Waals surface area (Å²) in [6.45, 7) is 0. The lowest BCUT2D eigenvalue weighted by Crippen LogP contribution is -2.05. The topological polar surface area (TPSA) is 45.8 Å². The Labute approximate surface area is 110 Å². The second-order valence-electron chi connectivity index (χ2n) is 3.69. The first-order valence-electron chi connectivity index (χ1n) is 5.07. The molecule has 0 unspecified atom stereocenters. The lowest BCUT2D eigenvalue weighted by molar-refractivity contribution is 0.628. The molecule has 0 radical (unpaired) electrons. The lowest BCUT2D eigenvalue weighted by Gasteiger charge is -2.00. The largest absolute Gasteiger partial charge is 0.313 e. The van der Waals surface area contributed by atoms with E-state index in [1.165, 1.54) is 29.8 Å². The van der Waals surface area contributed by atoms with Crippen LogP contribution in [0.3, 0.4) is 0 Å². The zero-order chi connectivity index (χ0) is 12.7. The van der Waals surface area contributed by atoms with Crippen molar-refractivity contribution < 1.29 is 4.39 Å². The van der Waals surface area contributed by atoms with Crippen molar-refractivity contribution in [2.45, 2.75) is 0 Å².